The van der Waals surface area contributed by atoms with Gasteiger partial charge in [0.2, 0.25) is 0 Å². The quantitative estimate of drug-likeness (QED) is 0.433. The fraction of sp³-hybridized carbons (Fsp3) is 0.538. The summed E-state index contributed by atoms with van der Waals surface area (Å²) in [7, 11) is -2.58. The van der Waals surface area contributed by atoms with E-state index in [0.717, 1.165) is 29.7 Å². The van der Waals surface area contributed by atoms with Gasteiger partial charge >= 0.3 is 0 Å². The van der Waals surface area contributed by atoms with Crippen LogP contribution in [0.15, 0.2) is 36.4 Å². The number of ether oxygens (including phenoxy) is 2. The van der Waals surface area contributed by atoms with E-state index in [-0.39, 0.29) is 36.8 Å². The molecule has 0 spiro atoms. The molecular weight excluding hydrogens is 522 g/mol. The van der Waals surface area contributed by atoms with Gasteiger partial charge in [-0.05, 0) is 87.5 Å². The van der Waals surface area contributed by atoms with Gasteiger partial charge in [0.05, 0.1) is 25.7 Å². The van der Waals surface area contributed by atoms with E-state index in [9.17, 15) is 16.8 Å². The van der Waals surface area contributed by atoms with Crippen molar-refractivity contribution in [2.45, 2.75) is 43.6 Å². The third kappa shape index (κ3) is 6.01. The van der Waals surface area contributed by atoms with Crippen molar-refractivity contribution in [3.63, 3.8) is 0 Å². The number of likely N-dealkylation sites (N-methyl/N-ethyl adjacent to an activating group) is 1. The van der Waals surface area contributed by atoms with Gasteiger partial charge < -0.3 is 14.4 Å². The molecule has 0 atom stereocenters. The zero-order valence-electron chi connectivity index (χ0n) is 21.7. The van der Waals surface area contributed by atoms with Crippen LogP contribution in [0.25, 0.3) is 0 Å². The number of aryl methyl sites for hydroxylation is 2. The van der Waals surface area contributed by atoms with Gasteiger partial charge in [-0.3, -0.25) is 0 Å². The maximum Gasteiger partial charge on any atom is 0.198 e. The highest BCUT2D eigenvalue weighted by molar-refractivity contribution is 8.10. The number of methoxy groups -OCH3 is 2. The minimum absolute atomic E-state index is 0. The van der Waals surface area contributed by atoms with Crippen molar-refractivity contribution in [1.29, 1.82) is 0 Å². The number of rotatable bonds is 10. The molecule has 10 heteroatoms. The summed E-state index contributed by atoms with van der Waals surface area (Å²) in [6, 6.07) is 11.1. The summed E-state index contributed by atoms with van der Waals surface area (Å²) in [5.41, 5.74) is 3.38. The summed E-state index contributed by atoms with van der Waals surface area (Å²) in [5, 5.41) is 0. The molecule has 1 saturated heterocycles. The van der Waals surface area contributed by atoms with Gasteiger partial charge in [0, 0.05) is 6.54 Å². The van der Waals surface area contributed by atoms with Crippen LogP contribution in [0.1, 0.15) is 41.5 Å². The first-order chi connectivity index (χ1) is 16.5. The Hall–Kier alpha value is -1.81. The summed E-state index contributed by atoms with van der Waals surface area (Å²) in [4.78, 5) is 2.10. The lowest BCUT2D eigenvalue weighted by molar-refractivity contribution is 0.325. The van der Waals surface area contributed by atoms with Crippen LogP contribution in [0.5, 0.6) is 11.5 Å². The Balaban J connectivity index is 0.00000456. The van der Waals surface area contributed by atoms with Crippen LogP contribution in [0.2, 0.25) is 0 Å². The Bertz CT molecular complexity index is 1230. The van der Waals surface area contributed by atoms with Crippen LogP contribution in [-0.2, 0) is 30.2 Å². The molecule has 0 unspecified atom stereocenters. The number of sulfone groups is 2. The van der Waals surface area contributed by atoms with E-state index in [1.54, 1.807) is 26.4 Å². The molecule has 1 aliphatic rings. The Morgan fingerprint density at radius 2 is 1.50 bits per heavy atom. The van der Waals surface area contributed by atoms with E-state index in [1.807, 2.05) is 45.2 Å². The summed E-state index contributed by atoms with van der Waals surface area (Å²) < 4.78 is 62.4. The highest BCUT2D eigenvalue weighted by Crippen LogP contribution is 2.45. The van der Waals surface area contributed by atoms with Crippen LogP contribution in [-0.4, -0.2) is 67.6 Å². The van der Waals surface area contributed by atoms with E-state index in [2.05, 4.69) is 4.90 Å². The normalized spacial score (nSPS) is 17.8. The first kappa shape index (κ1) is 30.4. The zero-order valence-corrected chi connectivity index (χ0v) is 24.2. The highest BCUT2D eigenvalue weighted by Gasteiger charge is 2.57. The second-order valence-corrected chi connectivity index (χ2v) is 14.3. The molecule has 0 radical (unpaired) electrons. The molecular formula is C26H38ClNO6S2. The Labute approximate surface area is 222 Å². The SMILES string of the molecule is COc1ccc(CCN(C)CCCC2(c3ccc(C)c(C)c3)S(=O)(=O)CCCS2(=O)=O)cc1OC.Cl. The molecule has 0 amide bonds. The maximum absolute atomic E-state index is 13.4. The summed E-state index contributed by atoms with van der Waals surface area (Å²) in [5.74, 6) is 1.15. The standard InChI is InChI=1S/C26H37NO6S2.ClH/c1-20-8-10-23(18-21(20)2)26(34(28,29)16-7-17-35(26,30)31)13-6-14-27(3)15-12-22-9-11-24(32-4)25(19-22)33-5;/h8-11,18-19H,6-7,12-17H2,1-5H3;1H. The Morgan fingerprint density at radius 1 is 0.861 bits per heavy atom. The second kappa shape index (κ2) is 12.2. The summed E-state index contributed by atoms with van der Waals surface area (Å²) >= 11 is 0. The van der Waals surface area contributed by atoms with Crippen molar-refractivity contribution in [2.75, 3.05) is 45.9 Å². The minimum Gasteiger partial charge on any atom is -0.493 e. The minimum atomic E-state index is -3.88. The third-order valence-electron chi connectivity index (χ3n) is 7.05. The molecule has 2 aromatic rings. The third-order valence-corrected chi connectivity index (χ3v) is 13.1. The first-order valence-corrected chi connectivity index (χ1v) is 15.2. The van der Waals surface area contributed by atoms with Gasteiger partial charge in [-0.25, -0.2) is 16.8 Å². The number of benzene rings is 2. The van der Waals surface area contributed by atoms with Crippen LogP contribution >= 0.6 is 12.4 Å². The van der Waals surface area contributed by atoms with Crippen molar-refractivity contribution in [2.24, 2.45) is 0 Å². The van der Waals surface area contributed by atoms with Gasteiger partial charge in [-0.15, -0.1) is 12.4 Å². The van der Waals surface area contributed by atoms with E-state index >= 15 is 0 Å². The molecule has 2 aromatic carbocycles. The fourth-order valence-corrected chi connectivity index (χ4v) is 10.6. The summed E-state index contributed by atoms with van der Waals surface area (Å²) in [6.07, 6.45) is 1.44. The topological polar surface area (TPSA) is 90.0 Å². The first-order valence-electron chi connectivity index (χ1n) is 11.9. The molecule has 1 heterocycles. The molecule has 0 aromatic heterocycles. The van der Waals surface area contributed by atoms with Crippen LogP contribution in [0.3, 0.4) is 0 Å². The molecule has 3 rings (SSSR count). The Kier molecular flexibility index (Phi) is 10.3. The Morgan fingerprint density at radius 3 is 2.08 bits per heavy atom. The number of nitrogens with zero attached hydrogens (tertiary/aromatic N) is 1. The van der Waals surface area contributed by atoms with Gasteiger partial charge in [-0.2, -0.15) is 0 Å². The van der Waals surface area contributed by atoms with Crippen molar-refractivity contribution < 1.29 is 26.3 Å². The molecule has 0 saturated carbocycles. The predicted octanol–water partition coefficient (Wildman–Crippen LogP) is 4.08. The fourth-order valence-electron chi connectivity index (χ4n) is 4.80. The predicted molar refractivity (Wildman–Crippen MR) is 147 cm³/mol. The van der Waals surface area contributed by atoms with Crippen molar-refractivity contribution in [3.05, 3.63) is 58.7 Å². The van der Waals surface area contributed by atoms with Crippen LogP contribution in [0.4, 0.5) is 0 Å². The zero-order chi connectivity index (χ0) is 25.9. The second-order valence-electron chi connectivity index (χ2n) is 9.39. The number of hydrogen-bond donors (Lipinski definition) is 0. The van der Waals surface area contributed by atoms with E-state index < -0.39 is 23.8 Å². The molecule has 0 N–H and O–H groups in total. The summed E-state index contributed by atoms with van der Waals surface area (Å²) in [6.45, 7) is 5.15. The van der Waals surface area contributed by atoms with Gasteiger partial charge in [0.15, 0.2) is 35.3 Å². The highest BCUT2D eigenvalue weighted by atomic mass is 35.5. The lowest BCUT2D eigenvalue weighted by Crippen LogP contribution is -2.50. The van der Waals surface area contributed by atoms with E-state index in [1.165, 1.54) is 0 Å². The van der Waals surface area contributed by atoms with Crippen LogP contribution in [0, 0.1) is 13.8 Å². The molecule has 36 heavy (non-hydrogen) atoms. The lowest BCUT2D eigenvalue weighted by atomic mass is 10.0. The van der Waals surface area contributed by atoms with Gasteiger partial charge in [0.1, 0.15) is 0 Å². The largest absolute Gasteiger partial charge is 0.493 e. The molecule has 1 fully saturated rings. The molecule has 0 bridgehead atoms. The molecule has 0 aliphatic carbocycles. The number of hydrogen-bond acceptors (Lipinski definition) is 7. The average molecular weight is 560 g/mol. The van der Waals surface area contributed by atoms with Gasteiger partial charge in [0.25, 0.3) is 0 Å². The van der Waals surface area contributed by atoms with E-state index in [0.29, 0.717) is 30.0 Å². The van der Waals surface area contributed by atoms with E-state index in [4.69, 9.17) is 9.47 Å². The maximum atomic E-state index is 13.4. The lowest BCUT2D eigenvalue weighted by Gasteiger charge is -2.37. The molecule has 7 nitrogen and oxygen atoms in total. The van der Waals surface area contributed by atoms with Crippen molar-refractivity contribution >= 4 is 32.1 Å². The van der Waals surface area contributed by atoms with Crippen molar-refractivity contribution in [1.82, 2.24) is 4.90 Å². The van der Waals surface area contributed by atoms with Gasteiger partial charge in [-0.1, -0.05) is 24.3 Å². The average Bonchev–Trinajstić information content (AvgIpc) is 2.80. The number of halogens is 1. The molecule has 1 aliphatic heterocycles. The van der Waals surface area contributed by atoms with Crippen LogP contribution < -0.4 is 9.47 Å². The smallest absolute Gasteiger partial charge is 0.198 e. The van der Waals surface area contributed by atoms with Crippen molar-refractivity contribution in [3.8, 4) is 11.5 Å². The molecule has 202 valence electrons. The monoisotopic (exact) mass is 559 g/mol.